The summed E-state index contributed by atoms with van der Waals surface area (Å²) in [6, 6.07) is 11.7. The van der Waals surface area contributed by atoms with Crippen molar-refractivity contribution in [2.75, 3.05) is 0 Å². The first kappa shape index (κ1) is 12.5. The molecule has 3 heterocycles. The van der Waals surface area contributed by atoms with Crippen LogP contribution < -0.4 is 0 Å². The zero-order valence-corrected chi connectivity index (χ0v) is 11.8. The molecule has 7 nitrogen and oxygen atoms in total. The van der Waals surface area contributed by atoms with Crippen LogP contribution in [0.4, 0.5) is 0 Å². The van der Waals surface area contributed by atoms with E-state index in [0.717, 1.165) is 11.4 Å². The topological polar surface area (TPSA) is 85.4 Å². The molecule has 0 bridgehead atoms. The molecule has 0 aliphatic heterocycles. The molecule has 0 aliphatic rings. The quantitative estimate of drug-likeness (QED) is 0.627. The maximum absolute atomic E-state index is 5.22. The largest absolute Gasteiger partial charge is 0.357 e. The Morgan fingerprint density at radius 1 is 1.14 bits per heavy atom. The van der Waals surface area contributed by atoms with Crippen molar-refractivity contribution in [1.82, 2.24) is 30.1 Å². The molecule has 0 fully saturated rings. The van der Waals surface area contributed by atoms with Gasteiger partial charge in [0.1, 0.15) is 5.69 Å². The molecule has 7 heteroatoms. The lowest BCUT2D eigenvalue weighted by molar-refractivity contribution is 0.431. The van der Waals surface area contributed by atoms with Gasteiger partial charge in [0.2, 0.25) is 5.82 Å². The highest BCUT2D eigenvalue weighted by atomic mass is 16.5. The van der Waals surface area contributed by atoms with Crippen molar-refractivity contribution in [2.45, 2.75) is 6.92 Å². The molecule has 0 unspecified atom stereocenters. The summed E-state index contributed by atoms with van der Waals surface area (Å²) in [6.07, 6.45) is 3.57. The van der Waals surface area contributed by atoms with E-state index in [1.165, 1.54) is 5.56 Å². The van der Waals surface area contributed by atoms with Crippen molar-refractivity contribution in [3.05, 3.63) is 54.4 Å². The molecule has 0 amide bonds. The summed E-state index contributed by atoms with van der Waals surface area (Å²) in [5.74, 6) is 0.827. The third-order valence-corrected chi connectivity index (χ3v) is 3.28. The van der Waals surface area contributed by atoms with Gasteiger partial charge in [0.25, 0.3) is 5.89 Å². The summed E-state index contributed by atoms with van der Waals surface area (Å²) < 4.78 is 6.90. The van der Waals surface area contributed by atoms with Crippen LogP contribution in [-0.4, -0.2) is 30.1 Å². The second-order valence-electron chi connectivity index (χ2n) is 4.89. The Bertz CT molecular complexity index is 888. The van der Waals surface area contributed by atoms with Crippen LogP contribution in [0.5, 0.6) is 0 Å². The van der Waals surface area contributed by atoms with Crippen molar-refractivity contribution in [3.63, 3.8) is 0 Å². The molecule has 0 atom stereocenters. The molecular weight excluding hydrogens is 280 g/mol. The monoisotopic (exact) mass is 292 g/mol. The first-order valence-corrected chi connectivity index (χ1v) is 6.77. The third-order valence-electron chi connectivity index (χ3n) is 3.28. The molecular formula is C15H12N6O. The van der Waals surface area contributed by atoms with Gasteiger partial charge in [-0.05, 0) is 31.2 Å². The maximum Gasteiger partial charge on any atom is 0.274 e. The molecule has 0 aliphatic carbocycles. The summed E-state index contributed by atoms with van der Waals surface area (Å²) in [5, 5.41) is 12.1. The van der Waals surface area contributed by atoms with Gasteiger partial charge < -0.3 is 9.51 Å². The molecule has 1 N–H and O–H groups in total. The summed E-state index contributed by atoms with van der Waals surface area (Å²) >= 11 is 0. The van der Waals surface area contributed by atoms with E-state index < -0.39 is 0 Å². The van der Waals surface area contributed by atoms with E-state index in [0.29, 0.717) is 17.4 Å². The van der Waals surface area contributed by atoms with E-state index in [-0.39, 0.29) is 0 Å². The van der Waals surface area contributed by atoms with Crippen LogP contribution in [0, 0.1) is 6.92 Å². The average Bonchev–Trinajstić information content (AvgIpc) is 3.27. The fourth-order valence-corrected chi connectivity index (χ4v) is 2.09. The van der Waals surface area contributed by atoms with Gasteiger partial charge in [0.15, 0.2) is 5.69 Å². The summed E-state index contributed by atoms with van der Waals surface area (Å²) in [6.45, 7) is 2.04. The molecule has 3 aromatic heterocycles. The van der Waals surface area contributed by atoms with E-state index in [1.807, 2.05) is 43.3 Å². The van der Waals surface area contributed by atoms with Crippen LogP contribution in [0.25, 0.3) is 28.8 Å². The lowest BCUT2D eigenvalue weighted by Gasteiger charge is -1.99. The molecule has 108 valence electrons. The molecule has 22 heavy (non-hydrogen) atoms. The minimum atomic E-state index is 0.406. The molecule has 0 saturated heterocycles. The van der Waals surface area contributed by atoms with E-state index >= 15 is 0 Å². The zero-order valence-electron chi connectivity index (χ0n) is 11.8. The number of nitrogens with one attached hydrogen (secondary N) is 1. The summed E-state index contributed by atoms with van der Waals surface area (Å²) in [5.41, 5.74) is 3.45. The highest BCUT2D eigenvalue weighted by Crippen LogP contribution is 2.20. The van der Waals surface area contributed by atoms with E-state index in [2.05, 4.69) is 25.4 Å². The fraction of sp³-hybridized carbons (Fsp3) is 0.0667. The SMILES string of the molecule is Cc1ccc(-n2cc(-c3noc(-c4ccc[nH]4)n3)nn2)cc1. The van der Waals surface area contributed by atoms with Gasteiger partial charge in [0.05, 0.1) is 11.9 Å². The Morgan fingerprint density at radius 3 is 2.77 bits per heavy atom. The lowest BCUT2D eigenvalue weighted by atomic mass is 10.2. The number of hydrogen-bond donors (Lipinski definition) is 1. The Morgan fingerprint density at radius 2 is 2.00 bits per heavy atom. The van der Waals surface area contributed by atoms with Crippen LogP contribution in [0.2, 0.25) is 0 Å². The Balaban J connectivity index is 1.65. The van der Waals surface area contributed by atoms with Crippen LogP contribution >= 0.6 is 0 Å². The first-order chi connectivity index (χ1) is 10.8. The van der Waals surface area contributed by atoms with Crippen molar-refractivity contribution < 1.29 is 4.52 Å². The minimum absolute atomic E-state index is 0.406. The van der Waals surface area contributed by atoms with Gasteiger partial charge in [-0.1, -0.05) is 28.1 Å². The number of hydrogen-bond acceptors (Lipinski definition) is 5. The van der Waals surface area contributed by atoms with Gasteiger partial charge >= 0.3 is 0 Å². The van der Waals surface area contributed by atoms with Gasteiger partial charge in [0, 0.05) is 6.20 Å². The van der Waals surface area contributed by atoms with E-state index in [1.54, 1.807) is 17.1 Å². The number of aryl methyl sites for hydroxylation is 1. The number of aromatic amines is 1. The number of H-pyrrole nitrogens is 1. The van der Waals surface area contributed by atoms with E-state index in [4.69, 9.17) is 4.52 Å². The highest BCUT2D eigenvalue weighted by molar-refractivity contribution is 5.53. The Kier molecular flexibility index (Phi) is 2.82. The van der Waals surface area contributed by atoms with Gasteiger partial charge in [-0.3, -0.25) is 0 Å². The van der Waals surface area contributed by atoms with Crippen LogP contribution in [0.1, 0.15) is 5.56 Å². The maximum atomic E-state index is 5.22. The number of aromatic nitrogens is 6. The predicted molar refractivity (Wildman–Crippen MR) is 79.2 cm³/mol. The van der Waals surface area contributed by atoms with Crippen LogP contribution in [-0.2, 0) is 0 Å². The average molecular weight is 292 g/mol. The van der Waals surface area contributed by atoms with Crippen LogP contribution in [0.15, 0.2) is 53.3 Å². The highest BCUT2D eigenvalue weighted by Gasteiger charge is 2.14. The molecule has 0 radical (unpaired) electrons. The van der Waals surface area contributed by atoms with Crippen molar-refractivity contribution >= 4 is 0 Å². The normalized spacial score (nSPS) is 11.0. The summed E-state index contributed by atoms with van der Waals surface area (Å²) in [4.78, 5) is 7.34. The first-order valence-electron chi connectivity index (χ1n) is 6.77. The number of nitrogens with zero attached hydrogens (tertiary/aromatic N) is 5. The second kappa shape index (κ2) is 4.96. The van der Waals surface area contributed by atoms with Gasteiger partial charge in [-0.2, -0.15) is 4.98 Å². The van der Waals surface area contributed by atoms with Crippen LogP contribution in [0.3, 0.4) is 0 Å². The molecule has 0 spiro atoms. The van der Waals surface area contributed by atoms with E-state index in [9.17, 15) is 0 Å². The minimum Gasteiger partial charge on any atom is -0.357 e. The lowest BCUT2D eigenvalue weighted by Crippen LogP contribution is -1.94. The Hall–Kier alpha value is -3.22. The third kappa shape index (κ3) is 2.18. The molecule has 1 aromatic carbocycles. The Labute approximate surface area is 125 Å². The standard InChI is InChI=1S/C15H12N6O/c1-10-4-6-11(7-5-10)21-9-13(18-20-21)14-17-15(22-19-14)12-3-2-8-16-12/h2-9,16H,1H3. The zero-order chi connectivity index (χ0) is 14.9. The second-order valence-corrected chi connectivity index (χ2v) is 4.89. The van der Waals surface area contributed by atoms with Gasteiger partial charge in [-0.15, -0.1) is 5.10 Å². The molecule has 0 saturated carbocycles. The fourth-order valence-electron chi connectivity index (χ4n) is 2.09. The van der Waals surface area contributed by atoms with Crippen molar-refractivity contribution in [1.29, 1.82) is 0 Å². The number of rotatable bonds is 3. The molecule has 4 rings (SSSR count). The summed E-state index contributed by atoms with van der Waals surface area (Å²) in [7, 11) is 0. The van der Waals surface area contributed by atoms with Crippen molar-refractivity contribution in [3.8, 4) is 28.8 Å². The molecule has 4 aromatic rings. The van der Waals surface area contributed by atoms with Crippen molar-refractivity contribution in [2.24, 2.45) is 0 Å². The van der Waals surface area contributed by atoms with Gasteiger partial charge in [-0.25, -0.2) is 4.68 Å². The number of benzene rings is 1. The predicted octanol–water partition coefficient (Wildman–Crippen LogP) is 2.62. The smallest absolute Gasteiger partial charge is 0.274 e.